The van der Waals surface area contributed by atoms with E-state index in [9.17, 15) is 20.2 Å². The molecule has 2 aromatic carbocycles. The Bertz CT molecular complexity index is 1220. The number of non-ortho nitro benzene ring substituents is 1. The molecule has 0 saturated carbocycles. The average molecular weight is 422 g/mol. The standard InChI is InChI=1S/C22H16ClN3O4/c1-13-4-6-17(26(28)29)11-19(13)21-8-7-18(30-21)9-15(12-24)22(27)25-20-10-16(23)5-3-14(20)2/h3-11H,1-2H3,(H,25,27)/b15-9+. The van der Waals surface area contributed by atoms with Gasteiger partial charge >= 0.3 is 0 Å². The lowest BCUT2D eigenvalue weighted by Crippen LogP contribution is -2.14. The molecule has 0 aliphatic carbocycles. The van der Waals surface area contributed by atoms with E-state index < -0.39 is 10.8 Å². The van der Waals surface area contributed by atoms with Crippen molar-refractivity contribution in [2.24, 2.45) is 0 Å². The number of hydrogen-bond donors (Lipinski definition) is 1. The first-order valence-corrected chi connectivity index (χ1v) is 9.21. The number of nitriles is 1. The van der Waals surface area contributed by atoms with Gasteiger partial charge in [0.15, 0.2) is 0 Å². The van der Waals surface area contributed by atoms with Gasteiger partial charge in [-0.25, -0.2) is 0 Å². The SMILES string of the molecule is Cc1ccc(Cl)cc1NC(=O)/C(C#N)=C/c1ccc(-c2cc([N+](=O)[O-])ccc2C)o1. The molecule has 1 heterocycles. The van der Waals surface area contributed by atoms with Crippen LogP contribution in [0.25, 0.3) is 17.4 Å². The van der Waals surface area contributed by atoms with Crippen LogP contribution in [-0.4, -0.2) is 10.8 Å². The maximum atomic E-state index is 12.5. The Morgan fingerprint density at radius 3 is 2.60 bits per heavy atom. The van der Waals surface area contributed by atoms with Crippen LogP contribution in [0.4, 0.5) is 11.4 Å². The van der Waals surface area contributed by atoms with E-state index in [1.54, 1.807) is 43.3 Å². The smallest absolute Gasteiger partial charge is 0.270 e. The molecule has 0 unspecified atom stereocenters. The van der Waals surface area contributed by atoms with Crippen LogP contribution in [0.2, 0.25) is 5.02 Å². The van der Waals surface area contributed by atoms with Crippen LogP contribution >= 0.6 is 11.6 Å². The number of nitrogens with zero attached hydrogens (tertiary/aromatic N) is 2. The Morgan fingerprint density at radius 1 is 1.17 bits per heavy atom. The second-order valence-electron chi connectivity index (χ2n) is 6.54. The second-order valence-corrected chi connectivity index (χ2v) is 6.98. The van der Waals surface area contributed by atoms with Crippen molar-refractivity contribution in [2.45, 2.75) is 13.8 Å². The van der Waals surface area contributed by atoms with Gasteiger partial charge in [0.1, 0.15) is 23.2 Å². The van der Waals surface area contributed by atoms with Crippen molar-refractivity contribution >= 4 is 35.0 Å². The van der Waals surface area contributed by atoms with Crippen LogP contribution < -0.4 is 5.32 Å². The van der Waals surface area contributed by atoms with Gasteiger partial charge in [-0.3, -0.25) is 14.9 Å². The molecule has 0 bridgehead atoms. The lowest BCUT2D eigenvalue weighted by Gasteiger charge is -2.08. The number of benzene rings is 2. The molecule has 3 aromatic rings. The van der Waals surface area contributed by atoms with Gasteiger partial charge in [0.05, 0.1) is 4.92 Å². The third-order valence-electron chi connectivity index (χ3n) is 4.42. The number of aryl methyl sites for hydroxylation is 2. The minimum absolute atomic E-state index is 0.0573. The molecule has 0 atom stereocenters. The summed E-state index contributed by atoms with van der Waals surface area (Å²) in [5.74, 6) is 0.0589. The monoisotopic (exact) mass is 421 g/mol. The van der Waals surface area contributed by atoms with Gasteiger partial charge in [-0.05, 0) is 49.2 Å². The van der Waals surface area contributed by atoms with E-state index >= 15 is 0 Å². The summed E-state index contributed by atoms with van der Waals surface area (Å²) >= 11 is 5.96. The highest BCUT2D eigenvalue weighted by Crippen LogP contribution is 2.30. The fourth-order valence-corrected chi connectivity index (χ4v) is 2.95. The van der Waals surface area contributed by atoms with Crippen molar-refractivity contribution in [1.82, 2.24) is 0 Å². The topological polar surface area (TPSA) is 109 Å². The maximum Gasteiger partial charge on any atom is 0.270 e. The highest BCUT2D eigenvalue weighted by molar-refractivity contribution is 6.31. The molecule has 150 valence electrons. The fraction of sp³-hybridized carbons (Fsp3) is 0.0909. The normalized spacial score (nSPS) is 11.1. The van der Waals surface area contributed by atoms with E-state index in [2.05, 4.69) is 5.32 Å². The quantitative estimate of drug-likeness (QED) is 0.247. The van der Waals surface area contributed by atoms with Gasteiger partial charge in [-0.15, -0.1) is 0 Å². The van der Waals surface area contributed by atoms with Crippen molar-refractivity contribution in [2.75, 3.05) is 5.32 Å². The molecule has 0 saturated heterocycles. The average Bonchev–Trinajstić information content (AvgIpc) is 3.17. The number of nitro benzene ring substituents is 1. The lowest BCUT2D eigenvalue weighted by atomic mass is 10.1. The van der Waals surface area contributed by atoms with Crippen molar-refractivity contribution in [3.05, 3.63) is 86.1 Å². The zero-order valence-corrected chi connectivity index (χ0v) is 16.9. The molecule has 0 spiro atoms. The highest BCUT2D eigenvalue weighted by atomic mass is 35.5. The fourth-order valence-electron chi connectivity index (χ4n) is 2.77. The van der Waals surface area contributed by atoms with Crippen LogP contribution in [0, 0.1) is 35.3 Å². The molecule has 30 heavy (non-hydrogen) atoms. The molecular formula is C22H16ClN3O4. The number of halogens is 1. The summed E-state index contributed by atoms with van der Waals surface area (Å²) in [4.78, 5) is 23.0. The minimum Gasteiger partial charge on any atom is -0.457 e. The largest absolute Gasteiger partial charge is 0.457 e. The summed E-state index contributed by atoms with van der Waals surface area (Å²) in [5.41, 5.74) is 2.43. The third-order valence-corrected chi connectivity index (χ3v) is 4.66. The molecule has 0 radical (unpaired) electrons. The molecule has 7 nitrogen and oxygen atoms in total. The predicted octanol–water partition coefficient (Wildman–Crippen LogP) is 5.67. The zero-order valence-electron chi connectivity index (χ0n) is 16.1. The van der Waals surface area contributed by atoms with E-state index in [4.69, 9.17) is 16.0 Å². The lowest BCUT2D eigenvalue weighted by molar-refractivity contribution is -0.384. The Labute approximate surface area is 177 Å². The summed E-state index contributed by atoms with van der Waals surface area (Å²) in [6.07, 6.45) is 1.31. The summed E-state index contributed by atoms with van der Waals surface area (Å²) in [7, 11) is 0. The summed E-state index contributed by atoms with van der Waals surface area (Å²) in [6, 6.07) is 14.6. The van der Waals surface area contributed by atoms with Crippen LogP contribution in [-0.2, 0) is 4.79 Å². The number of anilines is 1. The number of carbonyl (C=O) groups excluding carboxylic acids is 1. The Kier molecular flexibility index (Phi) is 6.00. The highest BCUT2D eigenvalue weighted by Gasteiger charge is 2.15. The summed E-state index contributed by atoms with van der Waals surface area (Å²) in [6.45, 7) is 3.61. The minimum atomic E-state index is -0.604. The van der Waals surface area contributed by atoms with Gasteiger partial charge in [-0.2, -0.15) is 5.26 Å². The molecule has 0 aliphatic heterocycles. The maximum absolute atomic E-state index is 12.5. The van der Waals surface area contributed by atoms with E-state index in [1.165, 1.54) is 18.2 Å². The summed E-state index contributed by atoms with van der Waals surface area (Å²) < 4.78 is 5.71. The number of carbonyl (C=O) groups is 1. The zero-order chi connectivity index (χ0) is 21.8. The first-order valence-electron chi connectivity index (χ1n) is 8.83. The van der Waals surface area contributed by atoms with Crippen LogP contribution in [0.15, 0.2) is 58.5 Å². The number of amides is 1. The molecule has 0 fully saturated rings. The van der Waals surface area contributed by atoms with E-state index in [-0.39, 0.29) is 17.0 Å². The number of nitro groups is 1. The van der Waals surface area contributed by atoms with Crippen molar-refractivity contribution in [1.29, 1.82) is 5.26 Å². The van der Waals surface area contributed by atoms with Gasteiger partial charge in [0, 0.05) is 34.5 Å². The molecule has 3 rings (SSSR count). The Hall–Kier alpha value is -3.89. The van der Waals surface area contributed by atoms with Gasteiger partial charge in [0.25, 0.3) is 11.6 Å². The predicted molar refractivity (Wildman–Crippen MR) is 114 cm³/mol. The van der Waals surface area contributed by atoms with Gasteiger partial charge in [0.2, 0.25) is 0 Å². The molecular weight excluding hydrogens is 406 g/mol. The third kappa shape index (κ3) is 4.57. The van der Waals surface area contributed by atoms with E-state index in [1.807, 2.05) is 13.0 Å². The number of rotatable bonds is 5. The van der Waals surface area contributed by atoms with Crippen LogP contribution in [0.3, 0.4) is 0 Å². The number of nitrogens with one attached hydrogen (secondary N) is 1. The van der Waals surface area contributed by atoms with Gasteiger partial charge < -0.3 is 9.73 Å². The van der Waals surface area contributed by atoms with Crippen LogP contribution in [0.1, 0.15) is 16.9 Å². The molecule has 1 N–H and O–H groups in total. The van der Waals surface area contributed by atoms with E-state index in [0.29, 0.717) is 22.0 Å². The molecule has 1 aromatic heterocycles. The number of furan rings is 1. The molecule has 1 amide bonds. The number of hydrogen-bond acceptors (Lipinski definition) is 5. The first-order chi connectivity index (χ1) is 14.3. The van der Waals surface area contributed by atoms with E-state index in [0.717, 1.165) is 11.1 Å². The Morgan fingerprint density at radius 2 is 1.90 bits per heavy atom. The van der Waals surface area contributed by atoms with Crippen molar-refractivity contribution in [3.63, 3.8) is 0 Å². The molecule has 0 aliphatic rings. The van der Waals surface area contributed by atoms with Crippen LogP contribution in [0.5, 0.6) is 0 Å². The first kappa shape index (κ1) is 20.8. The second kappa shape index (κ2) is 8.64. The Balaban J connectivity index is 1.88. The van der Waals surface area contributed by atoms with Crippen molar-refractivity contribution < 1.29 is 14.1 Å². The molecule has 8 heteroatoms. The summed E-state index contributed by atoms with van der Waals surface area (Å²) in [5, 5.41) is 23.6. The van der Waals surface area contributed by atoms with Gasteiger partial charge in [-0.1, -0.05) is 23.7 Å². The van der Waals surface area contributed by atoms with Crippen molar-refractivity contribution in [3.8, 4) is 17.4 Å².